The molecule has 0 aromatic heterocycles. The third-order valence-corrected chi connectivity index (χ3v) is 0. The maximum atomic E-state index is 8.19. The van der Waals surface area contributed by atoms with Gasteiger partial charge in [0.2, 0.25) is 0 Å². The van der Waals surface area contributed by atoms with E-state index in [1.54, 1.807) is 0 Å². The Labute approximate surface area is 58.3 Å². The van der Waals surface area contributed by atoms with Gasteiger partial charge in [0, 0.05) is 7.11 Å². The van der Waals surface area contributed by atoms with Gasteiger partial charge in [-0.15, -0.1) is 24.8 Å². The fraction of sp³-hybridized carbons (Fsp3) is 1.00. The third kappa shape index (κ3) is 88.8. The van der Waals surface area contributed by atoms with E-state index in [2.05, 4.69) is 0 Å². The molecule has 5 heteroatoms. The van der Waals surface area contributed by atoms with Gasteiger partial charge in [-0.2, -0.15) is 0 Å². The van der Waals surface area contributed by atoms with Gasteiger partial charge in [-0.05, 0) is 0 Å². The van der Waals surface area contributed by atoms with Crippen LogP contribution in [0.2, 0.25) is 0 Å². The topological polar surface area (TPSA) is 37.3 Å². The van der Waals surface area contributed by atoms with Crippen LogP contribution in [-0.2, 0) is 21.0 Å². The molecule has 6 heavy (non-hydrogen) atoms. The zero-order valence-corrected chi connectivity index (χ0v) is 6.15. The minimum absolute atomic E-state index is 0. The summed E-state index contributed by atoms with van der Waals surface area (Å²) in [6.45, 7) is 0. The average molecular weight is 172 g/mol. The van der Waals surface area contributed by atoms with Crippen LogP contribution in [0.5, 0.6) is 0 Å². The van der Waals surface area contributed by atoms with Crippen molar-refractivity contribution in [1.29, 1.82) is 0 Å². The van der Waals surface area contributed by atoms with Gasteiger partial charge in [0.25, 0.3) is 0 Å². The van der Waals surface area contributed by atoms with Crippen molar-refractivity contribution < 1.29 is 26.1 Å². The molecule has 0 aromatic carbocycles. The molecule has 0 saturated carbocycles. The normalized spacial score (nSPS) is 1.50. The summed E-state index contributed by atoms with van der Waals surface area (Å²) in [5.41, 5.74) is 0. The Kier molecular flexibility index (Phi) is 796. The summed E-state index contributed by atoms with van der Waals surface area (Å²) in [6, 6.07) is 0. The van der Waals surface area contributed by atoms with Gasteiger partial charge < -0.3 is 5.11 Å². The molecule has 41 valence electrons. The maximum absolute atomic E-state index is 8.19. The van der Waals surface area contributed by atoms with Crippen molar-refractivity contribution in [3.63, 3.8) is 0 Å². The van der Waals surface area contributed by atoms with E-state index in [9.17, 15) is 0 Å². The van der Waals surface area contributed by atoms with Crippen LogP contribution in [0.3, 0.4) is 0 Å². The Bertz CT molecular complexity index is 11.5. The quantitative estimate of drug-likeness (QED) is 0.571. The second-order valence-electron chi connectivity index (χ2n) is 0. The molecule has 0 atom stereocenters. The monoisotopic (exact) mass is 171 g/mol. The van der Waals surface area contributed by atoms with E-state index in [1.165, 1.54) is 0 Å². The van der Waals surface area contributed by atoms with E-state index in [-0.39, 0.29) is 24.8 Å². The van der Waals surface area contributed by atoms with Crippen LogP contribution in [-0.4, -0.2) is 12.2 Å². The SMILES string of the molecule is CO.Cl.Cl.[O]=[V]. The summed E-state index contributed by atoms with van der Waals surface area (Å²) < 4.78 is 8.19. The first-order valence-corrected chi connectivity index (χ1v) is 1.20. The predicted molar refractivity (Wildman–Crippen MR) is 23.3 cm³/mol. The molecule has 0 bridgehead atoms. The molecular weight excluding hydrogens is 166 g/mol. The first-order chi connectivity index (χ1) is 2.00. The number of aliphatic hydroxyl groups is 1. The van der Waals surface area contributed by atoms with Crippen LogP contribution in [0.4, 0.5) is 0 Å². The second-order valence-corrected chi connectivity index (χ2v) is 0. The van der Waals surface area contributed by atoms with Crippen LogP contribution in [0, 0.1) is 0 Å². The first kappa shape index (κ1) is 28.4. The van der Waals surface area contributed by atoms with Crippen LogP contribution >= 0.6 is 24.8 Å². The van der Waals surface area contributed by atoms with Crippen molar-refractivity contribution in [2.75, 3.05) is 7.11 Å². The van der Waals surface area contributed by atoms with Crippen molar-refractivity contribution in [2.45, 2.75) is 0 Å². The molecule has 0 fully saturated rings. The summed E-state index contributed by atoms with van der Waals surface area (Å²) in [7, 11) is 1.00. The van der Waals surface area contributed by atoms with E-state index in [4.69, 9.17) is 8.78 Å². The predicted octanol–water partition coefficient (Wildman–Crippen LogP) is 0.331. The number of rotatable bonds is 0. The van der Waals surface area contributed by atoms with Crippen LogP contribution in [0.15, 0.2) is 0 Å². The Morgan fingerprint density at radius 2 is 1.17 bits per heavy atom. The molecule has 0 aliphatic heterocycles. The van der Waals surface area contributed by atoms with Crippen molar-refractivity contribution >= 4 is 24.8 Å². The van der Waals surface area contributed by atoms with Crippen molar-refractivity contribution in [1.82, 2.24) is 0 Å². The summed E-state index contributed by atoms with van der Waals surface area (Å²) in [6.07, 6.45) is 0. The summed E-state index contributed by atoms with van der Waals surface area (Å²) in [5, 5.41) is 7.00. The van der Waals surface area contributed by atoms with E-state index < -0.39 is 0 Å². The summed E-state index contributed by atoms with van der Waals surface area (Å²) in [4.78, 5) is 0. The number of hydrogen-bond acceptors (Lipinski definition) is 2. The Morgan fingerprint density at radius 3 is 1.17 bits per heavy atom. The molecule has 0 rings (SSSR count). The Balaban J connectivity index is -0.00000000500. The summed E-state index contributed by atoms with van der Waals surface area (Å²) in [5.74, 6) is 0. The van der Waals surface area contributed by atoms with Gasteiger partial charge in [0.05, 0.1) is 0 Å². The molecule has 0 heterocycles. The third-order valence-electron chi connectivity index (χ3n) is 0. The zero-order chi connectivity index (χ0) is 4.00. The van der Waals surface area contributed by atoms with Crippen molar-refractivity contribution in [2.24, 2.45) is 0 Å². The van der Waals surface area contributed by atoms with Gasteiger partial charge in [0.1, 0.15) is 0 Å². The van der Waals surface area contributed by atoms with Crippen LogP contribution < -0.4 is 0 Å². The van der Waals surface area contributed by atoms with Gasteiger partial charge in [0.15, 0.2) is 0 Å². The molecule has 0 unspecified atom stereocenters. The fourth-order valence-electron chi connectivity index (χ4n) is 0. The summed E-state index contributed by atoms with van der Waals surface area (Å²) >= 11 is 1.06. The van der Waals surface area contributed by atoms with E-state index in [0.717, 1.165) is 24.5 Å². The molecule has 0 saturated heterocycles. The fourth-order valence-corrected chi connectivity index (χ4v) is 0. The second kappa shape index (κ2) is 168. The molecule has 1 N–H and O–H groups in total. The van der Waals surface area contributed by atoms with Crippen LogP contribution in [0.1, 0.15) is 0 Å². The number of halogens is 2. The molecule has 0 aliphatic carbocycles. The number of hydrogen-bond donors (Lipinski definition) is 1. The number of aliphatic hydroxyl groups excluding tert-OH is 1. The standard InChI is InChI=1S/CH4O.2ClH.O.V/c1-2;;;;/h2H,1H3;2*1H;;. The minimum atomic E-state index is 0. The van der Waals surface area contributed by atoms with E-state index >= 15 is 0 Å². The van der Waals surface area contributed by atoms with Crippen LogP contribution in [0.25, 0.3) is 0 Å². The van der Waals surface area contributed by atoms with Crippen molar-refractivity contribution in [3.05, 3.63) is 0 Å². The zero-order valence-electron chi connectivity index (χ0n) is 3.12. The van der Waals surface area contributed by atoms with E-state index in [0.29, 0.717) is 0 Å². The van der Waals surface area contributed by atoms with E-state index in [1.807, 2.05) is 0 Å². The molecule has 2 nitrogen and oxygen atoms in total. The molecule has 0 aromatic rings. The first-order valence-electron chi connectivity index (χ1n) is 0.630. The van der Waals surface area contributed by atoms with Gasteiger partial charge in [-0.3, -0.25) is 0 Å². The van der Waals surface area contributed by atoms with Crippen molar-refractivity contribution in [3.8, 4) is 0 Å². The van der Waals surface area contributed by atoms with Gasteiger partial charge >= 0.3 is 21.0 Å². The Morgan fingerprint density at radius 1 is 1.17 bits per heavy atom. The van der Waals surface area contributed by atoms with Gasteiger partial charge in [-0.25, -0.2) is 0 Å². The Hall–Kier alpha value is 0.924. The molecule has 0 spiro atoms. The molecular formula is CH6Cl2O2V. The molecule has 0 aliphatic rings. The van der Waals surface area contributed by atoms with Gasteiger partial charge in [-0.1, -0.05) is 0 Å². The molecule has 0 amide bonds. The molecule has 0 radical (unpaired) electrons. The average Bonchev–Trinajstić information content (AvgIpc) is 1.50.